The van der Waals surface area contributed by atoms with Crippen LogP contribution in [-0.2, 0) is 4.79 Å². The fourth-order valence-corrected chi connectivity index (χ4v) is 5.39. The molecule has 1 amide bonds. The molecule has 1 saturated heterocycles. The average Bonchev–Trinajstić information content (AvgIpc) is 3.48. The van der Waals surface area contributed by atoms with E-state index in [1.807, 2.05) is 9.42 Å². The molecule has 9 heteroatoms. The summed E-state index contributed by atoms with van der Waals surface area (Å²) in [6, 6.07) is 4.72. The summed E-state index contributed by atoms with van der Waals surface area (Å²) in [4.78, 5) is 30.2. The number of hydrogen-bond donors (Lipinski definition) is 2. The summed E-state index contributed by atoms with van der Waals surface area (Å²) in [7, 11) is 0. The van der Waals surface area contributed by atoms with Crippen molar-refractivity contribution in [2.45, 2.75) is 66.5 Å². The highest BCUT2D eigenvalue weighted by Crippen LogP contribution is 2.38. The van der Waals surface area contributed by atoms with Crippen LogP contribution in [0.5, 0.6) is 0 Å². The summed E-state index contributed by atoms with van der Waals surface area (Å²) < 4.78 is 1.85. The van der Waals surface area contributed by atoms with Gasteiger partial charge in [-0.25, -0.2) is 14.5 Å². The van der Waals surface area contributed by atoms with Gasteiger partial charge in [-0.3, -0.25) is 4.79 Å². The summed E-state index contributed by atoms with van der Waals surface area (Å²) in [5, 5.41) is 7.63. The lowest BCUT2D eigenvalue weighted by molar-refractivity contribution is -0.131. The summed E-state index contributed by atoms with van der Waals surface area (Å²) in [6.07, 6.45) is 3.66. The van der Waals surface area contributed by atoms with E-state index in [9.17, 15) is 4.79 Å². The monoisotopic (exact) mass is 502 g/mol. The lowest BCUT2D eigenvalue weighted by Crippen LogP contribution is -2.55. The van der Waals surface area contributed by atoms with Crippen molar-refractivity contribution in [2.24, 2.45) is 0 Å². The van der Waals surface area contributed by atoms with Gasteiger partial charge in [-0.15, -0.1) is 0 Å². The molecule has 1 atom stereocenters. The van der Waals surface area contributed by atoms with Crippen molar-refractivity contribution in [1.29, 1.82) is 0 Å². The van der Waals surface area contributed by atoms with Crippen LogP contribution in [0.3, 0.4) is 0 Å². The van der Waals surface area contributed by atoms with E-state index in [4.69, 9.17) is 4.98 Å². The maximum atomic E-state index is 12.7. The molecule has 1 fully saturated rings. The third-order valence-electron chi connectivity index (χ3n) is 7.57. The van der Waals surface area contributed by atoms with Crippen LogP contribution in [0.4, 0.5) is 5.82 Å². The first-order valence-corrected chi connectivity index (χ1v) is 13.3. The quantitative estimate of drug-likeness (QED) is 0.413. The van der Waals surface area contributed by atoms with Crippen molar-refractivity contribution in [2.75, 3.05) is 31.1 Å². The molecule has 0 spiro atoms. The van der Waals surface area contributed by atoms with E-state index >= 15 is 0 Å². The van der Waals surface area contributed by atoms with Gasteiger partial charge in [0.1, 0.15) is 12.1 Å². The van der Waals surface area contributed by atoms with Gasteiger partial charge in [0.2, 0.25) is 5.91 Å². The predicted octanol–water partition coefficient (Wildman–Crippen LogP) is 4.05. The van der Waals surface area contributed by atoms with E-state index in [0.717, 1.165) is 45.9 Å². The molecule has 5 heterocycles. The van der Waals surface area contributed by atoms with Gasteiger partial charge in [0.25, 0.3) is 0 Å². The number of fused-ring (bicyclic) bond motifs is 2. The van der Waals surface area contributed by atoms with Crippen molar-refractivity contribution in [1.82, 2.24) is 34.8 Å². The van der Waals surface area contributed by atoms with Gasteiger partial charge in [0, 0.05) is 49.0 Å². The van der Waals surface area contributed by atoms with Crippen LogP contribution >= 0.6 is 0 Å². The molecular weight excluding hydrogens is 464 g/mol. The number of aromatic amines is 1. The Kier molecular flexibility index (Phi) is 6.66. The van der Waals surface area contributed by atoms with E-state index in [1.54, 1.807) is 6.33 Å². The lowest BCUT2D eigenvalue weighted by atomic mass is 9.95. The Hall–Kier alpha value is -3.46. The normalized spacial score (nSPS) is 16.6. The minimum Gasteiger partial charge on any atom is -0.353 e. The first-order chi connectivity index (χ1) is 17.7. The molecule has 1 aliphatic rings. The van der Waals surface area contributed by atoms with Gasteiger partial charge >= 0.3 is 0 Å². The van der Waals surface area contributed by atoms with Crippen LogP contribution in [0.15, 0.2) is 24.7 Å². The third kappa shape index (κ3) is 4.56. The fourth-order valence-electron chi connectivity index (χ4n) is 5.39. The predicted molar refractivity (Wildman–Crippen MR) is 148 cm³/mol. The zero-order valence-electron chi connectivity index (χ0n) is 23.0. The lowest BCUT2D eigenvalue weighted by Gasteiger charge is -2.40. The van der Waals surface area contributed by atoms with Crippen LogP contribution in [0.1, 0.15) is 57.2 Å². The Bertz CT molecular complexity index is 1450. The van der Waals surface area contributed by atoms with Gasteiger partial charge in [0.05, 0.1) is 23.3 Å². The highest BCUT2D eigenvalue weighted by atomic mass is 16.2. The molecule has 5 rings (SSSR count). The standard InChI is InChI=1S/C28H38N8O/c1-16(2)25-26(21-14-36-28(30-15-31-36)20(7)19(21)6)32-22-8-9-23(33-27(22)25)35-11-10-34(13-18(35)5)24(37)12-29-17(3)4/h8-9,14-18,29,32H,10-13H2,1-7H3/t18-/m1/s1. The second-order valence-electron chi connectivity index (χ2n) is 10.9. The first-order valence-electron chi connectivity index (χ1n) is 13.3. The Morgan fingerprint density at radius 2 is 1.95 bits per heavy atom. The van der Waals surface area contributed by atoms with Gasteiger partial charge in [-0.05, 0) is 49.9 Å². The largest absolute Gasteiger partial charge is 0.353 e. The summed E-state index contributed by atoms with van der Waals surface area (Å²) in [5.41, 5.74) is 8.65. The number of aromatic nitrogens is 5. The molecule has 0 saturated carbocycles. The maximum absolute atomic E-state index is 12.7. The molecule has 4 aromatic rings. The van der Waals surface area contributed by atoms with Crippen molar-refractivity contribution in [3.8, 4) is 11.3 Å². The number of piperazine rings is 1. The molecular formula is C28H38N8O. The van der Waals surface area contributed by atoms with E-state index < -0.39 is 0 Å². The zero-order chi connectivity index (χ0) is 26.4. The van der Waals surface area contributed by atoms with E-state index in [-0.39, 0.29) is 17.9 Å². The topological polar surface area (TPSA) is 94.5 Å². The number of amides is 1. The van der Waals surface area contributed by atoms with Crippen LogP contribution in [-0.4, -0.2) is 73.6 Å². The molecule has 0 bridgehead atoms. The van der Waals surface area contributed by atoms with E-state index in [0.29, 0.717) is 25.7 Å². The highest BCUT2D eigenvalue weighted by Gasteiger charge is 2.28. The van der Waals surface area contributed by atoms with Crippen molar-refractivity contribution in [3.05, 3.63) is 41.3 Å². The number of carbonyl (C=O) groups excluding carboxylic acids is 1. The number of rotatable bonds is 6. The molecule has 196 valence electrons. The Labute approximate surface area is 218 Å². The number of pyridine rings is 2. The highest BCUT2D eigenvalue weighted by molar-refractivity contribution is 5.90. The Balaban J connectivity index is 1.48. The van der Waals surface area contributed by atoms with Crippen LogP contribution < -0.4 is 10.2 Å². The summed E-state index contributed by atoms with van der Waals surface area (Å²) in [5.74, 6) is 1.40. The first kappa shape index (κ1) is 25.2. The van der Waals surface area contributed by atoms with Gasteiger partial charge < -0.3 is 20.1 Å². The van der Waals surface area contributed by atoms with E-state index in [1.165, 1.54) is 11.1 Å². The molecule has 2 N–H and O–H groups in total. The molecule has 37 heavy (non-hydrogen) atoms. The molecule has 0 radical (unpaired) electrons. The molecule has 0 aromatic carbocycles. The van der Waals surface area contributed by atoms with Gasteiger partial charge in [-0.2, -0.15) is 5.10 Å². The molecule has 1 aliphatic heterocycles. The summed E-state index contributed by atoms with van der Waals surface area (Å²) >= 11 is 0. The van der Waals surface area contributed by atoms with Crippen molar-refractivity contribution in [3.63, 3.8) is 0 Å². The second kappa shape index (κ2) is 9.78. The summed E-state index contributed by atoms with van der Waals surface area (Å²) in [6.45, 7) is 17.5. The maximum Gasteiger partial charge on any atom is 0.236 e. The van der Waals surface area contributed by atoms with Gasteiger partial charge in [-0.1, -0.05) is 27.7 Å². The Morgan fingerprint density at radius 3 is 2.65 bits per heavy atom. The number of nitrogens with one attached hydrogen (secondary N) is 2. The molecule has 0 aliphatic carbocycles. The third-order valence-corrected chi connectivity index (χ3v) is 7.57. The minimum absolute atomic E-state index is 0.163. The van der Waals surface area contributed by atoms with Crippen molar-refractivity contribution >= 4 is 28.4 Å². The van der Waals surface area contributed by atoms with Crippen molar-refractivity contribution < 1.29 is 4.79 Å². The van der Waals surface area contributed by atoms with Crippen LogP contribution in [0.2, 0.25) is 0 Å². The smallest absolute Gasteiger partial charge is 0.236 e. The minimum atomic E-state index is 0.163. The van der Waals surface area contributed by atoms with Crippen LogP contribution in [0, 0.1) is 13.8 Å². The number of hydrogen-bond acceptors (Lipinski definition) is 6. The van der Waals surface area contributed by atoms with Gasteiger partial charge in [0.15, 0.2) is 5.65 Å². The molecule has 4 aromatic heterocycles. The fraction of sp³-hybridized carbons (Fsp3) is 0.500. The number of H-pyrrole nitrogens is 1. The Morgan fingerprint density at radius 1 is 1.16 bits per heavy atom. The SMILES string of the molecule is Cc1c(-c2[nH]c3ccc(N4CCN(C(=O)CNC(C)C)C[C@H]4C)nc3c2C(C)C)cn2ncnc2c1C. The average molecular weight is 503 g/mol. The zero-order valence-corrected chi connectivity index (χ0v) is 23.0. The molecule has 0 unspecified atom stereocenters. The number of nitrogens with zero attached hydrogens (tertiary/aromatic N) is 6. The number of anilines is 1. The van der Waals surface area contributed by atoms with Crippen LogP contribution in [0.25, 0.3) is 27.9 Å². The number of carbonyl (C=O) groups is 1. The second-order valence-corrected chi connectivity index (χ2v) is 10.9. The number of aryl methyl sites for hydroxylation is 1. The van der Waals surface area contributed by atoms with E-state index in [2.05, 4.69) is 92.1 Å². The molecule has 9 nitrogen and oxygen atoms in total.